The average molecular weight is 403 g/mol. The number of halogens is 1. The lowest BCUT2D eigenvalue weighted by Gasteiger charge is -2.29. The highest BCUT2D eigenvalue weighted by molar-refractivity contribution is 5.86. The van der Waals surface area contributed by atoms with Crippen LogP contribution in [0, 0.1) is 0 Å². The van der Waals surface area contributed by atoms with E-state index in [1.54, 1.807) is 36.4 Å². The molecule has 7 heteroatoms. The topological polar surface area (TPSA) is 84.9 Å². The number of rotatable bonds is 10. The number of amides is 1. The highest BCUT2D eigenvalue weighted by Crippen LogP contribution is 2.21. The summed E-state index contributed by atoms with van der Waals surface area (Å²) in [5.41, 5.74) is -0.722. The lowest BCUT2D eigenvalue weighted by Crippen LogP contribution is -2.58. The van der Waals surface area contributed by atoms with Crippen molar-refractivity contribution in [1.29, 1.82) is 0 Å². The number of aromatic hydroxyl groups is 1. The second-order valence-electron chi connectivity index (χ2n) is 6.74. The Morgan fingerprint density at radius 3 is 2.45 bits per heavy atom. The Kier molecular flexibility index (Phi) is 8.45. The molecule has 2 aromatic carbocycles. The van der Waals surface area contributed by atoms with E-state index in [9.17, 15) is 19.1 Å². The van der Waals surface area contributed by atoms with Gasteiger partial charge in [0.05, 0.1) is 6.61 Å². The molecule has 0 radical (unpaired) electrons. The first kappa shape index (κ1) is 22.2. The van der Waals surface area contributed by atoms with Crippen molar-refractivity contribution >= 4 is 12.1 Å². The van der Waals surface area contributed by atoms with E-state index in [1.807, 2.05) is 13.0 Å². The predicted octanol–water partition coefficient (Wildman–Crippen LogP) is 3.91. The zero-order valence-corrected chi connectivity index (χ0v) is 16.4. The SMILES string of the molecule is CCCCOC(=O)C(CF)(Cc1cccc(O)c1)NC(=O)OCc1ccccc1. The predicted molar refractivity (Wildman–Crippen MR) is 106 cm³/mol. The van der Waals surface area contributed by atoms with Crippen molar-refractivity contribution in [1.82, 2.24) is 5.32 Å². The van der Waals surface area contributed by atoms with E-state index in [-0.39, 0.29) is 25.4 Å². The number of carbonyl (C=O) groups excluding carboxylic acids is 2. The summed E-state index contributed by atoms with van der Waals surface area (Å²) in [4.78, 5) is 25.0. The summed E-state index contributed by atoms with van der Waals surface area (Å²) in [7, 11) is 0. The maximum Gasteiger partial charge on any atom is 0.408 e. The Labute approximate surface area is 169 Å². The summed E-state index contributed by atoms with van der Waals surface area (Å²) in [5.74, 6) is -0.908. The Morgan fingerprint density at radius 1 is 1.07 bits per heavy atom. The molecule has 1 atom stereocenters. The normalized spacial score (nSPS) is 12.6. The van der Waals surface area contributed by atoms with Crippen molar-refractivity contribution in [3.05, 3.63) is 65.7 Å². The molecule has 2 aromatic rings. The lowest BCUT2D eigenvalue weighted by molar-refractivity contribution is -0.152. The monoisotopic (exact) mass is 403 g/mol. The van der Waals surface area contributed by atoms with E-state index in [4.69, 9.17) is 9.47 Å². The van der Waals surface area contributed by atoms with Crippen LogP contribution < -0.4 is 5.32 Å². The molecule has 29 heavy (non-hydrogen) atoms. The van der Waals surface area contributed by atoms with Gasteiger partial charge in [-0.1, -0.05) is 55.8 Å². The molecule has 2 rings (SSSR count). The number of unbranched alkanes of at least 4 members (excludes halogenated alkanes) is 1. The molecular formula is C22H26FNO5. The maximum absolute atomic E-state index is 14.1. The van der Waals surface area contributed by atoms with Crippen LogP contribution in [0.2, 0.25) is 0 Å². The molecule has 0 heterocycles. The average Bonchev–Trinajstić information content (AvgIpc) is 2.72. The van der Waals surface area contributed by atoms with Crippen LogP contribution in [-0.2, 0) is 27.3 Å². The smallest absolute Gasteiger partial charge is 0.408 e. The highest BCUT2D eigenvalue weighted by atomic mass is 19.1. The Balaban J connectivity index is 2.15. The second-order valence-corrected chi connectivity index (χ2v) is 6.74. The molecule has 1 amide bonds. The molecule has 0 fully saturated rings. The molecule has 0 saturated heterocycles. The minimum absolute atomic E-state index is 0.0218. The summed E-state index contributed by atoms with van der Waals surface area (Å²) in [6.45, 7) is 0.847. The number of phenols is 1. The summed E-state index contributed by atoms with van der Waals surface area (Å²) in [5, 5.41) is 12.0. The standard InChI is InChI=1S/C22H26FNO5/c1-2-3-12-28-20(26)22(16-23,14-18-10-7-11-19(25)13-18)24-21(27)29-15-17-8-5-4-6-9-17/h4-11,13,25H,2-3,12,14-16H2,1H3,(H,24,27). The fourth-order valence-corrected chi connectivity index (χ4v) is 2.72. The molecule has 0 spiro atoms. The number of nitrogens with one attached hydrogen (secondary N) is 1. The van der Waals surface area contributed by atoms with E-state index >= 15 is 0 Å². The molecule has 0 saturated carbocycles. The Hall–Kier alpha value is -3.09. The minimum Gasteiger partial charge on any atom is -0.508 e. The first-order valence-corrected chi connectivity index (χ1v) is 9.49. The van der Waals surface area contributed by atoms with E-state index < -0.39 is 24.3 Å². The largest absolute Gasteiger partial charge is 0.508 e. The van der Waals surface area contributed by atoms with Crippen molar-refractivity contribution < 1.29 is 28.6 Å². The molecule has 0 aromatic heterocycles. The van der Waals surface area contributed by atoms with Crippen LogP contribution in [0.1, 0.15) is 30.9 Å². The fraction of sp³-hybridized carbons (Fsp3) is 0.364. The molecule has 6 nitrogen and oxygen atoms in total. The van der Waals surface area contributed by atoms with Crippen molar-refractivity contribution in [2.24, 2.45) is 0 Å². The van der Waals surface area contributed by atoms with Gasteiger partial charge in [-0.25, -0.2) is 14.0 Å². The molecule has 2 N–H and O–H groups in total. The summed E-state index contributed by atoms with van der Waals surface area (Å²) >= 11 is 0. The van der Waals surface area contributed by atoms with Crippen molar-refractivity contribution in [2.75, 3.05) is 13.3 Å². The van der Waals surface area contributed by atoms with Gasteiger partial charge in [0, 0.05) is 6.42 Å². The van der Waals surface area contributed by atoms with Gasteiger partial charge >= 0.3 is 12.1 Å². The van der Waals surface area contributed by atoms with Crippen molar-refractivity contribution in [3.8, 4) is 5.75 Å². The van der Waals surface area contributed by atoms with Gasteiger partial charge in [-0.3, -0.25) is 0 Å². The van der Waals surface area contributed by atoms with Crippen LogP contribution in [0.4, 0.5) is 9.18 Å². The van der Waals surface area contributed by atoms with Gasteiger partial charge in [-0.2, -0.15) is 0 Å². The quantitative estimate of drug-likeness (QED) is 0.464. The molecule has 0 bridgehead atoms. The molecule has 0 aliphatic rings. The molecular weight excluding hydrogens is 377 g/mol. The third-order valence-electron chi connectivity index (χ3n) is 4.32. The Morgan fingerprint density at radius 2 is 1.79 bits per heavy atom. The van der Waals surface area contributed by atoms with Gasteiger partial charge in [0.15, 0.2) is 5.54 Å². The molecule has 0 aliphatic carbocycles. The van der Waals surface area contributed by atoms with Gasteiger partial charge < -0.3 is 19.9 Å². The van der Waals surface area contributed by atoms with Crippen LogP contribution in [-0.4, -0.2) is 36.0 Å². The van der Waals surface area contributed by atoms with E-state index in [1.165, 1.54) is 12.1 Å². The third kappa shape index (κ3) is 6.78. The number of phenolic OH excluding ortho intramolecular Hbond substituents is 1. The summed E-state index contributed by atoms with van der Waals surface area (Å²) in [6.07, 6.45) is 0.302. The van der Waals surface area contributed by atoms with Gasteiger partial charge in [0.2, 0.25) is 0 Å². The van der Waals surface area contributed by atoms with Crippen molar-refractivity contribution in [3.63, 3.8) is 0 Å². The Bertz CT molecular complexity index is 799. The van der Waals surface area contributed by atoms with E-state index in [2.05, 4.69) is 5.32 Å². The molecule has 156 valence electrons. The van der Waals surface area contributed by atoms with E-state index in [0.29, 0.717) is 12.0 Å². The number of benzene rings is 2. The fourth-order valence-electron chi connectivity index (χ4n) is 2.72. The van der Waals surface area contributed by atoms with Crippen molar-refractivity contribution in [2.45, 2.75) is 38.3 Å². The maximum atomic E-state index is 14.1. The number of carbonyl (C=O) groups is 2. The van der Waals surface area contributed by atoms with E-state index in [0.717, 1.165) is 12.0 Å². The van der Waals surface area contributed by atoms with Crippen LogP contribution in [0.5, 0.6) is 5.75 Å². The van der Waals surface area contributed by atoms with Gasteiger partial charge in [-0.15, -0.1) is 0 Å². The first-order valence-electron chi connectivity index (χ1n) is 9.49. The third-order valence-corrected chi connectivity index (χ3v) is 4.32. The van der Waals surface area contributed by atoms with Gasteiger partial charge in [-0.05, 0) is 29.7 Å². The summed E-state index contributed by atoms with van der Waals surface area (Å²) in [6, 6.07) is 15.1. The lowest BCUT2D eigenvalue weighted by atomic mass is 9.92. The van der Waals surface area contributed by atoms with Crippen LogP contribution >= 0.6 is 0 Å². The highest BCUT2D eigenvalue weighted by Gasteiger charge is 2.43. The molecule has 0 aliphatic heterocycles. The number of alkyl halides is 1. The van der Waals surface area contributed by atoms with Crippen LogP contribution in [0.15, 0.2) is 54.6 Å². The minimum atomic E-state index is -1.95. The number of alkyl carbamates (subject to hydrolysis) is 1. The number of hydrogen-bond donors (Lipinski definition) is 2. The second kappa shape index (κ2) is 11.0. The van der Waals surface area contributed by atoms with Gasteiger partial charge in [0.1, 0.15) is 19.0 Å². The zero-order chi connectivity index (χ0) is 21.1. The zero-order valence-electron chi connectivity index (χ0n) is 16.4. The van der Waals surface area contributed by atoms with Crippen LogP contribution in [0.25, 0.3) is 0 Å². The number of ether oxygens (including phenoxy) is 2. The van der Waals surface area contributed by atoms with Crippen LogP contribution in [0.3, 0.4) is 0 Å². The first-order chi connectivity index (χ1) is 14.0. The summed E-state index contributed by atoms with van der Waals surface area (Å²) < 4.78 is 24.5. The number of hydrogen-bond acceptors (Lipinski definition) is 5. The molecule has 1 unspecified atom stereocenters. The van der Waals surface area contributed by atoms with Gasteiger partial charge in [0.25, 0.3) is 0 Å². The number of esters is 1.